The third kappa shape index (κ3) is 6.78. The highest BCUT2D eigenvalue weighted by atomic mass is 32.1. The molecule has 0 atom stereocenters. The molecule has 1 aliphatic rings. The number of carbonyl (C=O) groups is 1. The smallest absolute Gasteiger partial charge is 0.224 e. The van der Waals surface area contributed by atoms with Crippen molar-refractivity contribution in [1.29, 1.82) is 0 Å². The van der Waals surface area contributed by atoms with Crippen LogP contribution in [0.15, 0.2) is 52.8 Å². The summed E-state index contributed by atoms with van der Waals surface area (Å²) < 4.78 is 0. The van der Waals surface area contributed by atoms with Crippen LogP contribution in [0, 0.1) is 0 Å². The van der Waals surface area contributed by atoms with E-state index in [1.54, 1.807) is 11.3 Å². The van der Waals surface area contributed by atoms with E-state index in [1.165, 1.54) is 10.6 Å². The lowest BCUT2D eigenvalue weighted by molar-refractivity contribution is -0.131. The second-order valence-corrected chi connectivity index (χ2v) is 8.00. The Morgan fingerprint density at radius 3 is 2.55 bits per heavy atom. The Morgan fingerprint density at radius 1 is 1.07 bits per heavy atom. The maximum absolute atomic E-state index is 12.6. The van der Waals surface area contributed by atoms with Gasteiger partial charge in [0.25, 0.3) is 0 Å². The molecule has 2 N–H and O–H groups in total. The summed E-state index contributed by atoms with van der Waals surface area (Å²) >= 11 is 1.76. The number of aliphatic imine (C=N–C) groups is 1. The van der Waals surface area contributed by atoms with Gasteiger partial charge in [0.05, 0.1) is 0 Å². The number of amides is 1. The van der Waals surface area contributed by atoms with Gasteiger partial charge in [0, 0.05) is 69.2 Å². The number of piperazine rings is 1. The van der Waals surface area contributed by atoms with Crippen molar-refractivity contribution in [2.75, 3.05) is 50.7 Å². The highest BCUT2D eigenvalue weighted by molar-refractivity contribution is 7.09. The third-order valence-corrected chi connectivity index (χ3v) is 5.87. The first-order chi connectivity index (χ1) is 14.3. The molecule has 2 aromatic rings. The Hall–Kier alpha value is -2.54. The quantitative estimate of drug-likeness (QED) is 0.516. The molecule has 0 radical (unpaired) electrons. The predicted octanol–water partition coefficient (Wildman–Crippen LogP) is 2.58. The van der Waals surface area contributed by atoms with Gasteiger partial charge in [-0.05, 0) is 30.5 Å². The number of carbonyl (C=O) groups excluding carboxylic acids is 1. The van der Waals surface area contributed by atoms with Gasteiger partial charge in [-0.1, -0.05) is 24.3 Å². The molecule has 0 bridgehead atoms. The second kappa shape index (κ2) is 11.5. The minimum Gasteiger partial charge on any atom is -0.368 e. The van der Waals surface area contributed by atoms with E-state index in [1.807, 2.05) is 17.9 Å². The first-order valence-electron chi connectivity index (χ1n) is 10.4. The number of nitrogens with one attached hydrogen (secondary N) is 2. The monoisotopic (exact) mass is 413 g/mol. The number of guanidine groups is 1. The van der Waals surface area contributed by atoms with Crippen LogP contribution in [0.1, 0.15) is 18.2 Å². The topological polar surface area (TPSA) is 60.0 Å². The van der Waals surface area contributed by atoms with Crippen LogP contribution >= 0.6 is 11.3 Å². The van der Waals surface area contributed by atoms with Crippen molar-refractivity contribution in [1.82, 2.24) is 15.5 Å². The summed E-state index contributed by atoms with van der Waals surface area (Å²) in [4.78, 5) is 22.8. The summed E-state index contributed by atoms with van der Waals surface area (Å²) in [6.07, 6.45) is 1.43. The molecule has 2 heterocycles. The van der Waals surface area contributed by atoms with E-state index in [0.717, 1.165) is 51.6 Å². The van der Waals surface area contributed by atoms with Crippen LogP contribution in [-0.2, 0) is 11.2 Å². The molecule has 0 saturated carbocycles. The van der Waals surface area contributed by atoms with E-state index < -0.39 is 0 Å². The molecule has 29 heavy (non-hydrogen) atoms. The zero-order valence-corrected chi connectivity index (χ0v) is 18.0. The number of thiophene rings is 1. The molecular formula is C22H31N5OS. The van der Waals surface area contributed by atoms with Gasteiger partial charge in [0.15, 0.2) is 5.96 Å². The first-order valence-corrected chi connectivity index (χ1v) is 11.3. The highest BCUT2D eigenvalue weighted by Crippen LogP contribution is 2.15. The van der Waals surface area contributed by atoms with Crippen molar-refractivity contribution in [3.05, 3.63) is 52.7 Å². The maximum Gasteiger partial charge on any atom is 0.224 e. The molecule has 0 unspecified atom stereocenters. The van der Waals surface area contributed by atoms with Crippen LogP contribution in [0.5, 0.6) is 0 Å². The maximum atomic E-state index is 12.6. The van der Waals surface area contributed by atoms with Crippen LogP contribution in [0.3, 0.4) is 0 Å². The molecule has 1 aliphatic heterocycles. The number of hydrogen-bond donors (Lipinski definition) is 2. The Kier molecular flexibility index (Phi) is 8.37. The fourth-order valence-corrected chi connectivity index (χ4v) is 4.07. The molecule has 0 aliphatic carbocycles. The average molecular weight is 414 g/mol. The zero-order chi connectivity index (χ0) is 20.3. The lowest BCUT2D eigenvalue weighted by Crippen LogP contribution is -2.49. The van der Waals surface area contributed by atoms with Gasteiger partial charge in [0.2, 0.25) is 5.91 Å². The molecule has 7 heteroatoms. The number of anilines is 1. The molecule has 3 rings (SSSR count). The summed E-state index contributed by atoms with van der Waals surface area (Å²) in [5.74, 6) is 0.991. The van der Waals surface area contributed by atoms with Gasteiger partial charge < -0.3 is 20.4 Å². The average Bonchev–Trinajstić information content (AvgIpc) is 3.28. The summed E-state index contributed by atoms with van der Waals surface area (Å²) in [5, 5.41) is 8.63. The molecule has 6 nitrogen and oxygen atoms in total. The Labute approximate surface area is 177 Å². The number of rotatable bonds is 8. The molecule has 1 amide bonds. The normalized spacial score (nSPS) is 14.7. The standard InChI is InChI=1S/C22H31N5OS/c1-2-23-22(24-12-10-20-9-6-18-29-20)25-13-11-21(28)27-16-14-26(15-17-27)19-7-4-3-5-8-19/h3-9,18H,2,10-17H2,1H3,(H2,23,24,25). The van der Waals surface area contributed by atoms with E-state index in [-0.39, 0.29) is 5.91 Å². The summed E-state index contributed by atoms with van der Waals surface area (Å²) in [6, 6.07) is 14.6. The van der Waals surface area contributed by atoms with E-state index in [9.17, 15) is 4.79 Å². The molecule has 1 aromatic carbocycles. The van der Waals surface area contributed by atoms with Crippen LogP contribution < -0.4 is 15.5 Å². The zero-order valence-electron chi connectivity index (χ0n) is 17.1. The lowest BCUT2D eigenvalue weighted by atomic mass is 10.2. The van der Waals surface area contributed by atoms with Crippen molar-refractivity contribution in [2.45, 2.75) is 19.8 Å². The van der Waals surface area contributed by atoms with Crippen molar-refractivity contribution < 1.29 is 4.79 Å². The summed E-state index contributed by atoms with van der Waals surface area (Å²) in [5.41, 5.74) is 1.23. The van der Waals surface area contributed by atoms with Gasteiger partial charge in [0.1, 0.15) is 0 Å². The fourth-order valence-electron chi connectivity index (χ4n) is 3.37. The van der Waals surface area contributed by atoms with E-state index in [4.69, 9.17) is 0 Å². The van der Waals surface area contributed by atoms with Crippen LogP contribution in [-0.4, -0.2) is 62.6 Å². The number of nitrogens with zero attached hydrogens (tertiary/aromatic N) is 3. The minimum atomic E-state index is 0.208. The SMILES string of the molecule is CCNC(=NCCc1cccs1)NCCC(=O)N1CCN(c2ccccc2)CC1. The first kappa shape index (κ1) is 21.2. The predicted molar refractivity (Wildman–Crippen MR) is 122 cm³/mol. The van der Waals surface area contributed by atoms with E-state index in [0.29, 0.717) is 13.0 Å². The minimum absolute atomic E-state index is 0.208. The summed E-state index contributed by atoms with van der Waals surface area (Å²) in [7, 11) is 0. The van der Waals surface area contributed by atoms with Crippen molar-refractivity contribution in [3.63, 3.8) is 0 Å². The molecule has 0 spiro atoms. The Bertz CT molecular complexity index is 755. The second-order valence-electron chi connectivity index (χ2n) is 6.97. The van der Waals surface area contributed by atoms with Crippen LogP contribution in [0.2, 0.25) is 0 Å². The number of hydrogen-bond acceptors (Lipinski definition) is 4. The third-order valence-electron chi connectivity index (χ3n) is 4.94. The van der Waals surface area contributed by atoms with Gasteiger partial charge in [-0.25, -0.2) is 0 Å². The molecular weight excluding hydrogens is 382 g/mol. The summed E-state index contributed by atoms with van der Waals surface area (Å²) in [6.45, 7) is 7.53. The van der Waals surface area contributed by atoms with E-state index in [2.05, 4.69) is 62.3 Å². The number of para-hydroxylation sites is 1. The Morgan fingerprint density at radius 2 is 1.86 bits per heavy atom. The molecule has 1 aromatic heterocycles. The van der Waals surface area contributed by atoms with Crippen LogP contribution in [0.4, 0.5) is 5.69 Å². The van der Waals surface area contributed by atoms with Gasteiger partial charge in [-0.3, -0.25) is 9.79 Å². The van der Waals surface area contributed by atoms with Crippen molar-refractivity contribution >= 4 is 28.9 Å². The lowest BCUT2D eigenvalue weighted by Gasteiger charge is -2.36. The molecule has 1 fully saturated rings. The Balaban J connectivity index is 1.37. The largest absolute Gasteiger partial charge is 0.368 e. The number of benzene rings is 1. The van der Waals surface area contributed by atoms with Gasteiger partial charge >= 0.3 is 0 Å². The fraction of sp³-hybridized carbons (Fsp3) is 0.455. The van der Waals surface area contributed by atoms with Crippen molar-refractivity contribution in [3.8, 4) is 0 Å². The molecule has 1 saturated heterocycles. The van der Waals surface area contributed by atoms with Crippen LogP contribution in [0.25, 0.3) is 0 Å². The van der Waals surface area contributed by atoms with Gasteiger partial charge in [-0.2, -0.15) is 0 Å². The molecule has 156 valence electrons. The van der Waals surface area contributed by atoms with E-state index >= 15 is 0 Å². The highest BCUT2D eigenvalue weighted by Gasteiger charge is 2.20. The van der Waals surface area contributed by atoms with Gasteiger partial charge in [-0.15, -0.1) is 11.3 Å². The van der Waals surface area contributed by atoms with Crippen molar-refractivity contribution in [2.24, 2.45) is 4.99 Å².